The zero-order chi connectivity index (χ0) is 14.2. The zero-order valence-corrected chi connectivity index (χ0v) is 11.4. The first kappa shape index (κ1) is 14.1. The van der Waals surface area contributed by atoms with Gasteiger partial charge in [0, 0.05) is 31.7 Å². The predicted octanol–water partition coefficient (Wildman–Crippen LogP) is 1.77. The van der Waals surface area contributed by atoms with Crippen molar-refractivity contribution in [1.82, 2.24) is 14.9 Å². The molecule has 0 radical (unpaired) electrons. The minimum absolute atomic E-state index is 0.343. The van der Waals surface area contributed by atoms with Crippen LogP contribution in [0.2, 0.25) is 0 Å². The Labute approximate surface area is 118 Å². The molecule has 0 unspecified atom stereocenters. The van der Waals surface area contributed by atoms with E-state index in [1.165, 1.54) is 6.20 Å². The van der Waals surface area contributed by atoms with E-state index < -0.39 is 0 Å². The van der Waals surface area contributed by atoms with Gasteiger partial charge in [0.1, 0.15) is 6.61 Å². The fraction of sp³-hybridized carbons (Fsp3) is 0.267. The van der Waals surface area contributed by atoms with Crippen molar-refractivity contribution >= 4 is 5.97 Å². The highest BCUT2D eigenvalue weighted by atomic mass is 16.5. The molecule has 0 aliphatic carbocycles. The molecule has 20 heavy (non-hydrogen) atoms. The van der Waals surface area contributed by atoms with E-state index in [1.807, 2.05) is 25.2 Å². The van der Waals surface area contributed by atoms with E-state index in [9.17, 15) is 4.79 Å². The predicted molar refractivity (Wildman–Crippen MR) is 75.1 cm³/mol. The van der Waals surface area contributed by atoms with Crippen molar-refractivity contribution in [2.45, 2.75) is 6.54 Å². The number of likely N-dealkylation sites (N-methyl/N-ethyl adjacent to an activating group) is 1. The summed E-state index contributed by atoms with van der Waals surface area (Å²) in [6, 6.07) is 9.21. The Balaban J connectivity index is 1.72. The summed E-state index contributed by atoms with van der Waals surface area (Å²) < 4.78 is 5.20. The van der Waals surface area contributed by atoms with E-state index >= 15 is 0 Å². The minimum Gasteiger partial charge on any atom is -0.461 e. The number of nitrogens with zero attached hydrogens (tertiary/aromatic N) is 3. The summed E-state index contributed by atoms with van der Waals surface area (Å²) in [5.41, 5.74) is 1.47. The summed E-state index contributed by atoms with van der Waals surface area (Å²) in [7, 11) is 1.96. The van der Waals surface area contributed by atoms with Crippen molar-refractivity contribution in [3.63, 3.8) is 0 Å². The average molecular weight is 271 g/mol. The average Bonchev–Trinajstić information content (AvgIpc) is 2.49. The first-order chi connectivity index (χ1) is 9.75. The Kier molecular flexibility index (Phi) is 5.20. The number of rotatable bonds is 6. The molecule has 2 heterocycles. The number of esters is 1. The molecule has 0 N–H and O–H groups in total. The molecular formula is C15H17N3O2. The van der Waals surface area contributed by atoms with Gasteiger partial charge in [0.15, 0.2) is 0 Å². The first-order valence-corrected chi connectivity index (χ1v) is 6.41. The van der Waals surface area contributed by atoms with Crippen LogP contribution in [0.3, 0.4) is 0 Å². The number of pyridine rings is 2. The molecule has 2 rings (SSSR count). The standard InChI is InChI=1S/C15H17N3O2/c1-18(12-14-6-2-3-8-17-14)9-10-20-15(19)13-5-4-7-16-11-13/h2-8,11H,9-10,12H2,1H3. The second-order valence-electron chi connectivity index (χ2n) is 4.44. The van der Waals surface area contributed by atoms with Crippen LogP contribution in [0.25, 0.3) is 0 Å². The van der Waals surface area contributed by atoms with Crippen LogP contribution in [0.1, 0.15) is 16.1 Å². The Hall–Kier alpha value is -2.27. The van der Waals surface area contributed by atoms with Crippen molar-refractivity contribution in [2.75, 3.05) is 20.2 Å². The van der Waals surface area contributed by atoms with Gasteiger partial charge in [-0.25, -0.2) is 4.79 Å². The SMILES string of the molecule is CN(CCOC(=O)c1cccnc1)Cc1ccccn1. The van der Waals surface area contributed by atoms with Crippen LogP contribution in [0, 0.1) is 0 Å². The lowest BCUT2D eigenvalue weighted by Crippen LogP contribution is -2.24. The van der Waals surface area contributed by atoms with Gasteiger partial charge < -0.3 is 4.74 Å². The lowest BCUT2D eigenvalue weighted by molar-refractivity contribution is 0.0470. The third-order valence-electron chi connectivity index (χ3n) is 2.76. The fourth-order valence-electron chi connectivity index (χ4n) is 1.71. The molecule has 0 saturated carbocycles. The van der Waals surface area contributed by atoms with Crippen molar-refractivity contribution in [2.24, 2.45) is 0 Å². The topological polar surface area (TPSA) is 55.3 Å². The van der Waals surface area contributed by atoms with Gasteiger partial charge >= 0.3 is 5.97 Å². The highest BCUT2D eigenvalue weighted by Crippen LogP contribution is 2.01. The second-order valence-corrected chi connectivity index (χ2v) is 4.44. The van der Waals surface area contributed by atoms with Crippen LogP contribution >= 0.6 is 0 Å². The summed E-state index contributed by atoms with van der Waals surface area (Å²) in [6.07, 6.45) is 4.89. The fourth-order valence-corrected chi connectivity index (χ4v) is 1.71. The van der Waals surface area contributed by atoms with E-state index in [0.29, 0.717) is 18.7 Å². The van der Waals surface area contributed by atoms with Gasteiger partial charge in [0.05, 0.1) is 11.3 Å². The molecule has 5 heteroatoms. The van der Waals surface area contributed by atoms with Gasteiger partial charge in [-0.05, 0) is 31.3 Å². The van der Waals surface area contributed by atoms with E-state index in [0.717, 1.165) is 12.2 Å². The molecule has 0 aliphatic rings. The maximum absolute atomic E-state index is 11.7. The van der Waals surface area contributed by atoms with Gasteiger partial charge in [0.25, 0.3) is 0 Å². The number of aromatic nitrogens is 2. The van der Waals surface area contributed by atoms with Gasteiger partial charge in [-0.3, -0.25) is 14.9 Å². The number of carbonyl (C=O) groups excluding carboxylic acids is 1. The summed E-state index contributed by atoms with van der Waals surface area (Å²) >= 11 is 0. The maximum Gasteiger partial charge on any atom is 0.339 e. The molecule has 0 amide bonds. The normalized spacial score (nSPS) is 10.5. The molecule has 2 aromatic heterocycles. The zero-order valence-electron chi connectivity index (χ0n) is 11.4. The van der Waals surface area contributed by atoms with Gasteiger partial charge in [0.2, 0.25) is 0 Å². The van der Waals surface area contributed by atoms with Crippen LogP contribution in [-0.2, 0) is 11.3 Å². The summed E-state index contributed by atoms with van der Waals surface area (Å²) in [4.78, 5) is 21.9. The molecule has 0 bridgehead atoms. The van der Waals surface area contributed by atoms with Crippen molar-refractivity contribution < 1.29 is 9.53 Å². The van der Waals surface area contributed by atoms with E-state index in [4.69, 9.17) is 4.74 Å². The number of carbonyl (C=O) groups is 1. The first-order valence-electron chi connectivity index (χ1n) is 6.41. The van der Waals surface area contributed by atoms with Crippen LogP contribution in [0.5, 0.6) is 0 Å². The highest BCUT2D eigenvalue weighted by Gasteiger charge is 2.07. The lowest BCUT2D eigenvalue weighted by Gasteiger charge is -2.15. The van der Waals surface area contributed by atoms with Crippen molar-refractivity contribution in [3.8, 4) is 0 Å². The number of hydrogen-bond donors (Lipinski definition) is 0. The van der Waals surface area contributed by atoms with Gasteiger partial charge in [-0.2, -0.15) is 0 Å². The second kappa shape index (κ2) is 7.35. The van der Waals surface area contributed by atoms with Crippen LogP contribution in [-0.4, -0.2) is 41.0 Å². The molecule has 2 aromatic rings. The molecular weight excluding hydrogens is 254 g/mol. The van der Waals surface area contributed by atoms with Crippen LogP contribution in [0.15, 0.2) is 48.9 Å². The molecule has 0 spiro atoms. The third-order valence-corrected chi connectivity index (χ3v) is 2.76. The highest BCUT2D eigenvalue weighted by molar-refractivity contribution is 5.88. The van der Waals surface area contributed by atoms with Gasteiger partial charge in [-0.1, -0.05) is 6.07 Å². The minimum atomic E-state index is -0.343. The molecule has 0 aliphatic heterocycles. The van der Waals surface area contributed by atoms with E-state index in [1.54, 1.807) is 24.5 Å². The Morgan fingerprint density at radius 2 is 2.15 bits per heavy atom. The largest absolute Gasteiger partial charge is 0.461 e. The van der Waals surface area contributed by atoms with Crippen LogP contribution in [0.4, 0.5) is 0 Å². The summed E-state index contributed by atoms with van der Waals surface area (Å²) in [5, 5.41) is 0. The van der Waals surface area contributed by atoms with Crippen molar-refractivity contribution in [3.05, 3.63) is 60.2 Å². The number of ether oxygens (including phenoxy) is 1. The Bertz CT molecular complexity index is 531. The molecule has 104 valence electrons. The Morgan fingerprint density at radius 1 is 1.25 bits per heavy atom. The third kappa shape index (κ3) is 4.44. The van der Waals surface area contributed by atoms with E-state index in [2.05, 4.69) is 14.9 Å². The quantitative estimate of drug-likeness (QED) is 0.749. The van der Waals surface area contributed by atoms with Crippen molar-refractivity contribution in [1.29, 1.82) is 0 Å². The monoisotopic (exact) mass is 271 g/mol. The maximum atomic E-state index is 11.7. The van der Waals surface area contributed by atoms with Gasteiger partial charge in [-0.15, -0.1) is 0 Å². The number of hydrogen-bond acceptors (Lipinski definition) is 5. The summed E-state index contributed by atoms with van der Waals surface area (Å²) in [5.74, 6) is -0.343. The van der Waals surface area contributed by atoms with Crippen LogP contribution < -0.4 is 0 Å². The van der Waals surface area contributed by atoms with E-state index in [-0.39, 0.29) is 5.97 Å². The lowest BCUT2D eigenvalue weighted by atomic mass is 10.3. The molecule has 0 atom stereocenters. The Morgan fingerprint density at radius 3 is 2.85 bits per heavy atom. The molecule has 0 aromatic carbocycles. The summed E-state index contributed by atoms with van der Waals surface area (Å²) in [6.45, 7) is 1.73. The molecule has 5 nitrogen and oxygen atoms in total. The molecule has 0 fully saturated rings. The molecule has 0 saturated heterocycles. The smallest absolute Gasteiger partial charge is 0.339 e.